The molecule has 6 heteroatoms. The monoisotopic (exact) mass is 380 g/mol. The molecular weight excluding hydrogens is 352 g/mol. The number of likely N-dealkylation sites (tertiary alicyclic amines) is 2. The minimum atomic E-state index is 0.0224. The zero-order chi connectivity index (χ0) is 19.6. The Morgan fingerprint density at radius 2 is 1.96 bits per heavy atom. The van der Waals surface area contributed by atoms with Gasteiger partial charge in [-0.3, -0.25) is 9.59 Å². The minimum absolute atomic E-state index is 0.0224. The van der Waals surface area contributed by atoms with Crippen molar-refractivity contribution in [3.05, 3.63) is 30.1 Å². The number of nitrogens with zero attached hydrogens (tertiary/aromatic N) is 4. The average molecular weight is 380 g/mol. The molecule has 2 amide bonds. The van der Waals surface area contributed by atoms with Gasteiger partial charge in [0.05, 0.1) is 17.1 Å². The summed E-state index contributed by atoms with van der Waals surface area (Å²) in [5, 5.41) is 0. The summed E-state index contributed by atoms with van der Waals surface area (Å²) in [6, 6.07) is 8.65. The molecule has 1 aliphatic carbocycles. The predicted molar refractivity (Wildman–Crippen MR) is 107 cm³/mol. The fourth-order valence-corrected chi connectivity index (χ4v) is 6.37. The second kappa shape index (κ2) is 6.06. The Morgan fingerprint density at radius 3 is 2.75 bits per heavy atom. The van der Waals surface area contributed by atoms with Gasteiger partial charge in [-0.15, -0.1) is 0 Å². The zero-order valence-corrected chi connectivity index (χ0v) is 16.9. The van der Waals surface area contributed by atoms with E-state index >= 15 is 0 Å². The lowest BCUT2D eigenvalue weighted by molar-refractivity contribution is -0.140. The van der Waals surface area contributed by atoms with E-state index in [9.17, 15) is 9.59 Å². The van der Waals surface area contributed by atoms with Gasteiger partial charge in [0.15, 0.2) is 0 Å². The lowest BCUT2D eigenvalue weighted by Crippen LogP contribution is -2.58. The Labute approximate surface area is 165 Å². The molecule has 0 spiro atoms. The molecule has 1 aromatic heterocycles. The number of hydrogen-bond donors (Lipinski definition) is 0. The van der Waals surface area contributed by atoms with Crippen molar-refractivity contribution in [1.29, 1.82) is 0 Å². The molecule has 3 aliphatic rings. The third-order valence-electron chi connectivity index (χ3n) is 7.49. The largest absolute Gasteiger partial charge is 0.335 e. The molecule has 2 saturated heterocycles. The lowest BCUT2D eigenvalue weighted by Gasteiger charge is -2.50. The number of hydrogen-bond acceptors (Lipinski definition) is 3. The number of aryl methyl sites for hydroxylation is 1. The first kappa shape index (κ1) is 17.7. The normalized spacial score (nSPS) is 31.5. The van der Waals surface area contributed by atoms with Gasteiger partial charge >= 0.3 is 0 Å². The van der Waals surface area contributed by atoms with Crippen LogP contribution in [0.1, 0.15) is 45.4 Å². The van der Waals surface area contributed by atoms with Gasteiger partial charge in [-0.2, -0.15) is 0 Å². The van der Waals surface area contributed by atoms with Crippen LogP contribution < -0.4 is 0 Å². The van der Waals surface area contributed by atoms with Crippen LogP contribution in [0.4, 0.5) is 0 Å². The van der Waals surface area contributed by atoms with Gasteiger partial charge in [-0.25, -0.2) is 4.98 Å². The minimum Gasteiger partial charge on any atom is -0.335 e. The van der Waals surface area contributed by atoms with Gasteiger partial charge in [0, 0.05) is 31.0 Å². The van der Waals surface area contributed by atoms with Gasteiger partial charge in [0.1, 0.15) is 12.4 Å². The van der Waals surface area contributed by atoms with Gasteiger partial charge in [0.2, 0.25) is 11.8 Å². The van der Waals surface area contributed by atoms with Gasteiger partial charge < -0.3 is 14.4 Å². The number of aromatic nitrogens is 2. The average Bonchev–Trinajstić information content (AvgIpc) is 3.13. The number of benzene rings is 1. The first-order valence-electron chi connectivity index (χ1n) is 10.4. The summed E-state index contributed by atoms with van der Waals surface area (Å²) in [5.41, 5.74) is 1.96. The van der Waals surface area contributed by atoms with E-state index in [2.05, 4.69) is 21.7 Å². The molecule has 0 N–H and O–H groups in total. The Kier molecular flexibility index (Phi) is 3.83. The van der Waals surface area contributed by atoms with Crippen LogP contribution >= 0.6 is 0 Å². The number of rotatable bonds is 2. The Hall–Kier alpha value is -2.37. The highest BCUT2D eigenvalue weighted by Gasteiger charge is 2.61. The number of imidazole rings is 1. The van der Waals surface area contributed by atoms with Crippen LogP contribution in [-0.4, -0.2) is 55.8 Å². The lowest BCUT2D eigenvalue weighted by atomic mass is 9.66. The summed E-state index contributed by atoms with van der Waals surface area (Å²) in [4.78, 5) is 34.6. The summed E-state index contributed by atoms with van der Waals surface area (Å²) in [5.74, 6) is 1.18. The maximum Gasteiger partial charge on any atom is 0.242 e. The molecule has 148 valence electrons. The predicted octanol–water partition coefficient (Wildman–Crippen LogP) is 2.74. The van der Waals surface area contributed by atoms with Crippen molar-refractivity contribution >= 4 is 22.8 Å². The smallest absolute Gasteiger partial charge is 0.242 e. The summed E-state index contributed by atoms with van der Waals surface area (Å²) in [7, 11) is 0. The molecule has 6 nitrogen and oxygen atoms in total. The Bertz CT molecular complexity index is 967. The summed E-state index contributed by atoms with van der Waals surface area (Å²) in [6.45, 7) is 6.93. The van der Waals surface area contributed by atoms with E-state index < -0.39 is 0 Å². The van der Waals surface area contributed by atoms with Crippen molar-refractivity contribution in [2.24, 2.45) is 5.41 Å². The van der Waals surface area contributed by atoms with E-state index in [1.54, 1.807) is 6.92 Å². The molecule has 4 atom stereocenters. The van der Waals surface area contributed by atoms with Crippen molar-refractivity contribution in [3.8, 4) is 0 Å². The van der Waals surface area contributed by atoms with Crippen LogP contribution in [0.2, 0.25) is 0 Å². The topological polar surface area (TPSA) is 58.4 Å². The summed E-state index contributed by atoms with van der Waals surface area (Å²) >= 11 is 0. The van der Waals surface area contributed by atoms with Crippen molar-refractivity contribution < 1.29 is 9.59 Å². The number of piperidine rings is 1. The van der Waals surface area contributed by atoms with Crippen LogP contribution in [0.5, 0.6) is 0 Å². The zero-order valence-electron chi connectivity index (χ0n) is 16.9. The highest BCUT2D eigenvalue weighted by atomic mass is 16.2. The second-order valence-corrected chi connectivity index (χ2v) is 9.03. The molecule has 3 heterocycles. The molecule has 2 aromatic rings. The van der Waals surface area contributed by atoms with Crippen LogP contribution in [0.25, 0.3) is 11.0 Å². The van der Waals surface area contributed by atoms with Crippen molar-refractivity contribution in [2.45, 2.75) is 71.1 Å². The first-order valence-corrected chi connectivity index (χ1v) is 10.4. The van der Waals surface area contributed by atoms with Crippen LogP contribution in [-0.2, 0) is 16.1 Å². The molecule has 1 saturated carbocycles. The number of carbonyl (C=O) groups excluding carboxylic acids is 2. The second-order valence-electron chi connectivity index (χ2n) is 9.03. The molecule has 3 fully saturated rings. The SMILES string of the molecule is CC(=O)N1[C@@H]2CN(C(=O)Cn3c(C)nc4ccccc43)[C@@H]3CCC[C@H]1[C@]3(C)C2. The van der Waals surface area contributed by atoms with Crippen LogP contribution in [0, 0.1) is 12.3 Å². The molecular formula is C22H28N4O2. The van der Waals surface area contributed by atoms with Crippen molar-refractivity contribution in [2.75, 3.05) is 6.54 Å². The maximum absolute atomic E-state index is 13.5. The van der Waals surface area contributed by atoms with Gasteiger partial charge in [-0.05, 0) is 44.7 Å². The maximum atomic E-state index is 13.5. The Balaban J connectivity index is 1.47. The third kappa shape index (κ3) is 2.36. The summed E-state index contributed by atoms with van der Waals surface area (Å²) < 4.78 is 2.03. The molecule has 1 aromatic carbocycles. The van der Waals surface area contributed by atoms with E-state index in [-0.39, 0.29) is 35.4 Å². The molecule has 5 rings (SSSR count). The number of amides is 2. The van der Waals surface area contributed by atoms with E-state index in [0.717, 1.165) is 42.5 Å². The molecule has 28 heavy (non-hydrogen) atoms. The fraction of sp³-hybridized carbons (Fsp3) is 0.591. The van der Waals surface area contributed by atoms with Gasteiger partial charge in [-0.1, -0.05) is 19.1 Å². The number of para-hydroxylation sites is 2. The molecule has 2 aliphatic heterocycles. The molecule has 2 bridgehead atoms. The van der Waals surface area contributed by atoms with E-state index in [0.29, 0.717) is 13.1 Å². The highest BCUT2D eigenvalue weighted by Crippen LogP contribution is 2.54. The van der Waals surface area contributed by atoms with Gasteiger partial charge in [0.25, 0.3) is 0 Å². The third-order valence-corrected chi connectivity index (χ3v) is 7.49. The number of fused-ring (bicyclic) bond motifs is 2. The molecule has 0 unspecified atom stereocenters. The van der Waals surface area contributed by atoms with Crippen molar-refractivity contribution in [1.82, 2.24) is 19.4 Å². The number of carbonyl (C=O) groups is 2. The summed E-state index contributed by atoms with van der Waals surface area (Å²) in [6.07, 6.45) is 4.22. The van der Waals surface area contributed by atoms with E-state index in [1.165, 1.54) is 0 Å². The van der Waals surface area contributed by atoms with Crippen molar-refractivity contribution in [3.63, 3.8) is 0 Å². The Morgan fingerprint density at radius 1 is 1.21 bits per heavy atom. The standard InChI is InChI=1S/C22H28N4O2/c1-14-23-17-7-4-5-8-18(17)24(14)13-21(28)25-12-16-11-22(3)19(25)9-6-10-20(22)26(16)15(2)27/h4-5,7-8,16,19-20H,6,9-13H2,1-3H3/t16-,19+,20-,22+/m0/s1. The van der Waals surface area contributed by atoms with Crippen LogP contribution in [0.3, 0.4) is 0 Å². The van der Waals surface area contributed by atoms with Crippen LogP contribution in [0.15, 0.2) is 24.3 Å². The quantitative estimate of drug-likeness (QED) is 0.805. The van der Waals surface area contributed by atoms with E-state index in [1.807, 2.05) is 35.8 Å². The fourth-order valence-electron chi connectivity index (χ4n) is 6.37. The first-order chi connectivity index (χ1) is 13.4. The highest BCUT2D eigenvalue weighted by molar-refractivity contribution is 5.82. The van der Waals surface area contributed by atoms with E-state index in [4.69, 9.17) is 0 Å². The molecule has 0 radical (unpaired) electrons.